The molecule has 156 valence electrons. The molecule has 1 atom stereocenters. The maximum atomic E-state index is 12.5. The summed E-state index contributed by atoms with van der Waals surface area (Å²) in [7, 11) is 0. The second-order valence-electron chi connectivity index (χ2n) is 8.70. The van der Waals surface area contributed by atoms with Crippen molar-refractivity contribution in [2.24, 2.45) is 4.99 Å². The molecule has 2 aliphatic heterocycles. The smallest absolute Gasteiger partial charge is 0.264 e. The van der Waals surface area contributed by atoms with E-state index in [2.05, 4.69) is 61.1 Å². The number of aliphatic imine (C=N–C) groups is 1. The Balaban J connectivity index is 1.61. The number of carbonyl (C=O) groups excluding carboxylic acids is 1. The molecule has 0 bridgehead atoms. The Kier molecular flexibility index (Phi) is 5.74. The Morgan fingerprint density at radius 2 is 2.00 bits per heavy atom. The van der Waals surface area contributed by atoms with Gasteiger partial charge >= 0.3 is 0 Å². The predicted octanol–water partition coefficient (Wildman–Crippen LogP) is 6.08. The van der Waals surface area contributed by atoms with Crippen molar-refractivity contribution in [3.63, 3.8) is 0 Å². The molecule has 30 heavy (non-hydrogen) atoms. The SMILES string of the molecule is CCCN1c2ccc(/C=C3/SC(=Nc4ccccc4)NC3=O)cc2C(C)CC1(C)C. The van der Waals surface area contributed by atoms with E-state index < -0.39 is 0 Å². The minimum atomic E-state index is -0.0887. The molecule has 2 heterocycles. The molecule has 1 unspecified atom stereocenters. The van der Waals surface area contributed by atoms with E-state index >= 15 is 0 Å². The highest BCUT2D eigenvalue weighted by molar-refractivity contribution is 8.18. The summed E-state index contributed by atoms with van der Waals surface area (Å²) in [6, 6.07) is 16.3. The van der Waals surface area contributed by atoms with Crippen molar-refractivity contribution in [1.29, 1.82) is 0 Å². The van der Waals surface area contributed by atoms with Crippen molar-refractivity contribution in [2.75, 3.05) is 11.4 Å². The van der Waals surface area contributed by atoms with Gasteiger partial charge in [0.05, 0.1) is 10.6 Å². The van der Waals surface area contributed by atoms with Crippen LogP contribution in [0.5, 0.6) is 0 Å². The molecule has 4 nitrogen and oxygen atoms in total. The summed E-state index contributed by atoms with van der Waals surface area (Å²) in [6.07, 6.45) is 4.23. The molecule has 1 amide bonds. The second-order valence-corrected chi connectivity index (χ2v) is 9.74. The quantitative estimate of drug-likeness (QED) is 0.611. The van der Waals surface area contributed by atoms with Gasteiger partial charge in [-0.25, -0.2) is 4.99 Å². The monoisotopic (exact) mass is 419 g/mol. The van der Waals surface area contributed by atoms with Crippen molar-refractivity contribution < 1.29 is 4.79 Å². The number of nitrogens with zero attached hydrogens (tertiary/aromatic N) is 2. The van der Waals surface area contributed by atoms with Gasteiger partial charge in [0.2, 0.25) is 0 Å². The highest BCUT2D eigenvalue weighted by Crippen LogP contribution is 2.44. The number of hydrogen-bond donors (Lipinski definition) is 1. The van der Waals surface area contributed by atoms with Crippen LogP contribution in [0.4, 0.5) is 11.4 Å². The average Bonchev–Trinajstić information content (AvgIpc) is 3.04. The molecule has 2 aliphatic rings. The van der Waals surface area contributed by atoms with Gasteiger partial charge in [0.25, 0.3) is 5.91 Å². The lowest BCUT2D eigenvalue weighted by atomic mass is 9.79. The molecule has 0 aromatic heterocycles. The largest absolute Gasteiger partial charge is 0.366 e. The summed E-state index contributed by atoms with van der Waals surface area (Å²) in [5.41, 5.74) is 4.77. The third-order valence-electron chi connectivity index (χ3n) is 5.79. The zero-order valence-corrected chi connectivity index (χ0v) is 18.9. The van der Waals surface area contributed by atoms with E-state index in [1.807, 2.05) is 36.4 Å². The number of nitrogens with one attached hydrogen (secondary N) is 1. The Hall–Kier alpha value is -2.53. The zero-order valence-electron chi connectivity index (χ0n) is 18.1. The molecule has 5 heteroatoms. The topological polar surface area (TPSA) is 44.7 Å². The summed E-state index contributed by atoms with van der Waals surface area (Å²) in [5.74, 6) is 0.399. The molecule has 2 aromatic rings. The highest BCUT2D eigenvalue weighted by Gasteiger charge is 2.35. The van der Waals surface area contributed by atoms with Gasteiger partial charge in [-0.05, 0) is 85.8 Å². The Labute approximate surface area is 183 Å². The molecule has 4 rings (SSSR count). The number of benzene rings is 2. The lowest BCUT2D eigenvalue weighted by Gasteiger charge is -2.47. The fraction of sp³-hybridized carbons (Fsp3) is 0.360. The molecule has 0 aliphatic carbocycles. The molecule has 1 N–H and O–H groups in total. The summed E-state index contributed by atoms with van der Waals surface area (Å²) < 4.78 is 0. The molecular formula is C25H29N3OS. The van der Waals surface area contributed by atoms with Gasteiger partial charge in [-0.2, -0.15) is 0 Å². The van der Waals surface area contributed by atoms with E-state index in [0.29, 0.717) is 16.0 Å². The highest BCUT2D eigenvalue weighted by atomic mass is 32.2. The minimum absolute atomic E-state index is 0.0887. The van der Waals surface area contributed by atoms with Gasteiger partial charge in [0, 0.05) is 17.8 Å². The number of anilines is 1. The molecule has 2 aromatic carbocycles. The first-order chi connectivity index (χ1) is 14.4. The van der Waals surface area contributed by atoms with Crippen LogP contribution in [-0.4, -0.2) is 23.2 Å². The van der Waals surface area contributed by atoms with Crippen LogP contribution < -0.4 is 10.2 Å². The lowest BCUT2D eigenvalue weighted by Crippen LogP contribution is -2.48. The van der Waals surface area contributed by atoms with Crippen LogP contribution in [-0.2, 0) is 4.79 Å². The fourth-order valence-electron chi connectivity index (χ4n) is 4.50. The first kappa shape index (κ1) is 20.7. The van der Waals surface area contributed by atoms with Gasteiger partial charge in [0.15, 0.2) is 5.17 Å². The first-order valence-corrected chi connectivity index (χ1v) is 11.5. The van der Waals surface area contributed by atoms with Crippen molar-refractivity contribution in [1.82, 2.24) is 5.32 Å². The number of para-hydroxylation sites is 1. The molecule has 1 fully saturated rings. The van der Waals surface area contributed by atoms with E-state index in [0.717, 1.165) is 30.6 Å². The second kappa shape index (κ2) is 8.31. The Morgan fingerprint density at radius 3 is 2.73 bits per heavy atom. The normalized spacial score (nSPS) is 23.0. The van der Waals surface area contributed by atoms with E-state index in [4.69, 9.17) is 0 Å². The van der Waals surface area contributed by atoms with Gasteiger partial charge in [-0.15, -0.1) is 0 Å². The standard InChI is InChI=1S/C25H29N3OS/c1-5-13-28-21-12-11-18(14-20(21)17(2)16-25(28,3)4)15-22-23(29)27-24(30-22)26-19-9-7-6-8-10-19/h6-12,14-15,17H,5,13,16H2,1-4H3,(H,26,27,29)/b22-15+. The third-order valence-corrected chi connectivity index (χ3v) is 6.70. The zero-order chi connectivity index (χ0) is 21.3. The Morgan fingerprint density at radius 1 is 1.23 bits per heavy atom. The molecule has 0 spiro atoms. The fourth-order valence-corrected chi connectivity index (χ4v) is 5.34. The minimum Gasteiger partial charge on any atom is -0.366 e. The third kappa shape index (κ3) is 4.17. The number of rotatable bonds is 4. The maximum absolute atomic E-state index is 12.5. The first-order valence-electron chi connectivity index (χ1n) is 10.6. The average molecular weight is 420 g/mol. The van der Waals surface area contributed by atoms with Crippen molar-refractivity contribution in [2.45, 2.75) is 52.0 Å². The molecule has 0 radical (unpaired) electrons. The van der Waals surface area contributed by atoms with E-state index in [9.17, 15) is 4.79 Å². The van der Waals surface area contributed by atoms with Crippen molar-refractivity contribution in [3.05, 3.63) is 64.6 Å². The Bertz CT molecular complexity index is 1010. The van der Waals surface area contributed by atoms with Crippen LogP contribution in [0.2, 0.25) is 0 Å². The van der Waals surface area contributed by atoms with Gasteiger partial charge < -0.3 is 10.2 Å². The van der Waals surface area contributed by atoms with Crippen LogP contribution in [0.1, 0.15) is 57.6 Å². The molecular weight excluding hydrogens is 390 g/mol. The molecule has 1 saturated heterocycles. The van der Waals surface area contributed by atoms with Gasteiger partial charge in [-0.1, -0.05) is 38.1 Å². The summed E-state index contributed by atoms with van der Waals surface area (Å²) >= 11 is 1.40. The van der Waals surface area contributed by atoms with Crippen LogP contribution >= 0.6 is 11.8 Å². The van der Waals surface area contributed by atoms with Crippen molar-refractivity contribution >= 4 is 40.3 Å². The van der Waals surface area contributed by atoms with E-state index in [1.165, 1.54) is 23.0 Å². The molecule has 0 saturated carbocycles. The van der Waals surface area contributed by atoms with E-state index in [1.54, 1.807) is 0 Å². The number of fused-ring (bicyclic) bond motifs is 1. The van der Waals surface area contributed by atoms with Crippen LogP contribution in [0.3, 0.4) is 0 Å². The number of amides is 1. The van der Waals surface area contributed by atoms with Crippen molar-refractivity contribution in [3.8, 4) is 0 Å². The summed E-state index contributed by atoms with van der Waals surface area (Å²) in [4.78, 5) is 20.2. The van der Waals surface area contributed by atoms with Crippen LogP contribution in [0, 0.1) is 0 Å². The number of thioether (sulfide) groups is 1. The van der Waals surface area contributed by atoms with Gasteiger partial charge in [0.1, 0.15) is 0 Å². The van der Waals surface area contributed by atoms with Crippen LogP contribution in [0.25, 0.3) is 6.08 Å². The summed E-state index contributed by atoms with van der Waals surface area (Å²) in [5, 5.41) is 3.50. The van der Waals surface area contributed by atoms with Crippen LogP contribution in [0.15, 0.2) is 58.4 Å². The number of amidine groups is 1. The lowest BCUT2D eigenvalue weighted by molar-refractivity contribution is -0.115. The van der Waals surface area contributed by atoms with Gasteiger partial charge in [-0.3, -0.25) is 4.79 Å². The maximum Gasteiger partial charge on any atom is 0.264 e. The number of hydrogen-bond acceptors (Lipinski definition) is 4. The summed E-state index contributed by atoms with van der Waals surface area (Å²) in [6.45, 7) is 10.3. The number of carbonyl (C=O) groups is 1. The van der Waals surface area contributed by atoms with E-state index in [-0.39, 0.29) is 11.4 Å². The predicted molar refractivity (Wildman–Crippen MR) is 128 cm³/mol.